The summed E-state index contributed by atoms with van der Waals surface area (Å²) in [6.45, 7) is 4.37. The molecule has 16 heavy (non-hydrogen) atoms. The Morgan fingerprint density at radius 3 is 2.69 bits per heavy atom. The van der Waals surface area contributed by atoms with Crippen molar-refractivity contribution in [3.05, 3.63) is 0 Å². The first-order chi connectivity index (χ1) is 7.36. The van der Waals surface area contributed by atoms with Crippen LogP contribution in [-0.4, -0.2) is 45.0 Å². The van der Waals surface area contributed by atoms with Gasteiger partial charge >= 0.3 is 0 Å². The second-order valence-electron chi connectivity index (χ2n) is 4.76. The van der Waals surface area contributed by atoms with Gasteiger partial charge in [0.15, 0.2) is 4.84 Å². The van der Waals surface area contributed by atoms with E-state index < -0.39 is 10.6 Å². The lowest BCUT2D eigenvalue weighted by molar-refractivity contribution is -0.147. The summed E-state index contributed by atoms with van der Waals surface area (Å²) in [4.78, 5) is 12.5. The molecular weight excluding hydrogens is 269 g/mol. The molecule has 0 aromatic rings. The molecule has 92 valence electrons. The molecule has 6 heteroatoms. The van der Waals surface area contributed by atoms with E-state index in [2.05, 4.69) is 0 Å². The minimum atomic E-state index is -1.01. The molecular formula is C10H15Cl2NO2S. The Kier molecular flexibility index (Phi) is 3.39. The van der Waals surface area contributed by atoms with Crippen molar-refractivity contribution in [2.75, 3.05) is 18.1 Å². The molecule has 2 saturated heterocycles. The number of amides is 1. The van der Waals surface area contributed by atoms with Crippen LogP contribution in [0, 0.1) is 0 Å². The van der Waals surface area contributed by atoms with Gasteiger partial charge in [0.1, 0.15) is 5.72 Å². The number of hydrogen-bond donors (Lipinski definition) is 0. The summed E-state index contributed by atoms with van der Waals surface area (Å²) >= 11 is 13.2. The molecule has 2 aliphatic heterocycles. The molecule has 2 heterocycles. The van der Waals surface area contributed by atoms with Crippen molar-refractivity contribution in [3.63, 3.8) is 0 Å². The first-order valence-corrected chi connectivity index (χ1v) is 7.27. The van der Waals surface area contributed by atoms with E-state index in [0.29, 0.717) is 6.54 Å². The number of rotatable bonds is 1. The molecule has 3 nitrogen and oxygen atoms in total. The van der Waals surface area contributed by atoms with E-state index in [0.717, 1.165) is 17.9 Å². The average molecular weight is 284 g/mol. The van der Waals surface area contributed by atoms with Gasteiger partial charge in [-0.15, -0.1) is 0 Å². The summed E-state index contributed by atoms with van der Waals surface area (Å²) < 4.78 is 6.05. The Morgan fingerprint density at radius 1 is 1.50 bits per heavy atom. The minimum absolute atomic E-state index is 0.188. The molecule has 0 aromatic carbocycles. The van der Waals surface area contributed by atoms with Crippen molar-refractivity contribution < 1.29 is 9.53 Å². The molecule has 0 saturated carbocycles. The van der Waals surface area contributed by atoms with Gasteiger partial charge in [-0.25, -0.2) is 0 Å². The molecule has 1 unspecified atom stereocenters. The van der Waals surface area contributed by atoms with E-state index in [1.807, 2.05) is 25.6 Å². The van der Waals surface area contributed by atoms with E-state index in [4.69, 9.17) is 27.9 Å². The van der Waals surface area contributed by atoms with Crippen LogP contribution in [0.1, 0.15) is 20.3 Å². The lowest BCUT2D eigenvalue weighted by atomic mass is 10.0. The third-order valence-corrected chi connectivity index (χ3v) is 4.68. The fourth-order valence-electron chi connectivity index (χ4n) is 2.35. The molecule has 2 fully saturated rings. The minimum Gasteiger partial charge on any atom is -0.347 e. The molecule has 2 aliphatic rings. The fourth-order valence-corrected chi connectivity index (χ4v) is 3.91. The molecule has 1 spiro atoms. The van der Waals surface area contributed by atoms with Crippen LogP contribution >= 0.6 is 35.0 Å². The van der Waals surface area contributed by atoms with Gasteiger partial charge in [0.25, 0.3) is 5.91 Å². The highest BCUT2D eigenvalue weighted by Gasteiger charge is 2.53. The smallest absolute Gasteiger partial charge is 0.258 e. The summed E-state index contributed by atoms with van der Waals surface area (Å²) in [5, 5.41) is 0. The number of nitrogens with zero attached hydrogens (tertiary/aromatic N) is 1. The lowest BCUT2D eigenvalue weighted by Crippen LogP contribution is -2.46. The Morgan fingerprint density at radius 2 is 2.19 bits per heavy atom. The van der Waals surface area contributed by atoms with E-state index in [1.54, 1.807) is 4.90 Å². The molecule has 0 aliphatic carbocycles. The van der Waals surface area contributed by atoms with Crippen LogP contribution in [0.4, 0.5) is 0 Å². The summed E-state index contributed by atoms with van der Waals surface area (Å²) in [6.07, 6.45) is 0.986. The van der Waals surface area contributed by atoms with Crippen LogP contribution in [0.15, 0.2) is 0 Å². The van der Waals surface area contributed by atoms with E-state index in [9.17, 15) is 4.79 Å². The van der Waals surface area contributed by atoms with Crippen molar-refractivity contribution >= 4 is 40.9 Å². The van der Waals surface area contributed by atoms with Gasteiger partial charge in [-0.3, -0.25) is 4.79 Å². The second-order valence-corrected chi connectivity index (χ2v) is 6.96. The van der Waals surface area contributed by atoms with Gasteiger partial charge in [-0.1, -0.05) is 23.2 Å². The van der Waals surface area contributed by atoms with Gasteiger partial charge in [-0.05, 0) is 26.0 Å². The van der Waals surface area contributed by atoms with E-state index >= 15 is 0 Å². The van der Waals surface area contributed by atoms with Crippen LogP contribution in [0.25, 0.3) is 0 Å². The number of alkyl halides is 2. The SMILES string of the molecule is CC1(C)OC2(CCSC2)CN1C(=O)C(Cl)Cl. The number of ether oxygens (including phenoxy) is 1. The van der Waals surface area contributed by atoms with Crippen molar-refractivity contribution in [3.8, 4) is 0 Å². The number of thioether (sulfide) groups is 1. The van der Waals surface area contributed by atoms with Gasteiger partial charge in [0, 0.05) is 5.75 Å². The normalized spacial score (nSPS) is 32.9. The zero-order valence-electron chi connectivity index (χ0n) is 9.33. The van der Waals surface area contributed by atoms with Gasteiger partial charge < -0.3 is 9.64 Å². The van der Waals surface area contributed by atoms with Crippen molar-refractivity contribution in [2.45, 2.75) is 36.4 Å². The lowest BCUT2D eigenvalue weighted by Gasteiger charge is -2.30. The number of carbonyl (C=O) groups is 1. The predicted molar refractivity (Wildman–Crippen MR) is 67.0 cm³/mol. The third-order valence-electron chi connectivity index (χ3n) is 3.08. The van der Waals surface area contributed by atoms with E-state index in [1.165, 1.54) is 0 Å². The van der Waals surface area contributed by atoms with E-state index in [-0.39, 0.29) is 11.5 Å². The summed E-state index contributed by atoms with van der Waals surface area (Å²) in [5.74, 6) is 1.76. The standard InChI is InChI=1S/C10H15Cl2NO2S/c1-9(2)13(8(14)7(11)12)5-10(15-9)3-4-16-6-10/h7H,3-6H2,1-2H3. The molecule has 0 radical (unpaired) electrons. The third kappa shape index (κ3) is 2.17. The highest BCUT2D eigenvalue weighted by atomic mass is 35.5. The second kappa shape index (κ2) is 4.23. The predicted octanol–water partition coefficient (Wildman–Crippen LogP) is 2.26. The van der Waals surface area contributed by atoms with Crippen molar-refractivity contribution in [1.82, 2.24) is 4.90 Å². The van der Waals surface area contributed by atoms with Crippen LogP contribution in [-0.2, 0) is 9.53 Å². The Bertz CT molecular complexity index is 303. The number of carbonyl (C=O) groups excluding carboxylic acids is 1. The largest absolute Gasteiger partial charge is 0.347 e. The molecule has 1 atom stereocenters. The maximum atomic E-state index is 11.9. The van der Waals surface area contributed by atoms with Gasteiger partial charge in [0.05, 0.1) is 12.1 Å². The molecule has 1 amide bonds. The quantitative estimate of drug-likeness (QED) is 0.692. The first kappa shape index (κ1) is 12.8. The molecule has 2 rings (SSSR count). The summed E-state index contributed by atoms with van der Waals surface area (Å²) in [5.41, 5.74) is -0.795. The van der Waals surface area contributed by atoms with Gasteiger partial charge in [0.2, 0.25) is 0 Å². The molecule has 0 aromatic heterocycles. The van der Waals surface area contributed by atoms with Crippen LogP contribution < -0.4 is 0 Å². The summed E-state index contributed by atoms with van der Waals surface area (Å²) in [7, 11) is 0. The van der Waals surface area contributed by atoms with Crippen LogP contribution in [0.2, 0.25) is 0 Å². The highest BCUT2D eigenvalue weighted by Crippen LogP contribution is 2.43. The van der Waals surface area contributed by atoms with Crippen molar-refractivity contribution in [1.29, 1.82) is 0 Å². The Labute approximate surface area is 110 Å². The zero-order chi connectivity index (χ0) is 12.0. The number of halogens is 2. The fraction of sp³-hybridized carbons (Fsp3) is 0.900. The Hall–Kier alpha value is 0.360. The Balaban J connectivity index is 2.18. The monoisotopic (exact) mass is 283 g/mol. The maximum absolute atomic E-state index is 11.9. The highest BCUT2D eigenvalue weighted by molar-refractivity contribution is 7.99. The molecule has 0 N–H and O–H groups in total. The number of hydrogen-bond acceptors (Lipinski definition) is 3. The topological polar surface area (TPSA) is 29.5 Å². The van der Waals surface area contributed by atoms with Crippen LogP contribution in [0.5, 0.6) is 0 Å². The average Bonchev–Trinajstić information content (AvgIpc) is 2.70. The molecule has 0 bridgehead atoms. The maximum Gasteiger partial charge on any atom is 0.258 e. The van der Waals surface area contributed by atoms with Crippen molar-refractivity contribution in [2.24, 2.45) is 0 Å². The van der Waals surface area contributed by atoms with Crippen LogP contribution in [0.3, 0.4) is 0 Å². The summed E-state index contributed by atoms with van der Waals surface area (Å²) in [6, 6.07) is 0. The zero-order valence-corrected chi connectivity index (χ0v) is 11.7. The first-order valence-electron chi connectivity index (χ1n) is 5.24. The van der Waals surface area contributed by atoms with Gasteiger partial charge in [-0.2, -0.15) is 11.8 Å².